The molecule has 4 heteroatoms. The highest BCUT2D eigenvalue weighted by Crippen LogP contribution is 2.16. The molecule has 0 aliphatic heterocycles. The molecule has 0 radical (unpaired) electrons. The summed E-state index contributed by atoms with van der Waals surface area (Å²) in [5.41, 5.74) is 13.3. The van der Waals surface area contributed by atoms with Gasteiger partial charge in [-0.2, -0.15) is 0 Å². The molecule has 0 aliphatic carbocycles. The van der Waals surface area contributed by atoms with Gasteiger partial charge in [-0.05, 0) is 18.2 Å². The SMILES string of the molecule is Nc1ccc(N)c(C(=[NH2+])I)c1. The Bertz CT molecular complexity index is 296. The van der Waals surface area contributed by atoms with Gasteiger partial charge in [0.2, 0.25) is 3.72 Å². The predicted molar refractivity (Wildman–Crippen MR) is 55.3 cm³/mol. The zero-order chi connectivity index (χ0) is 8.43. The Morgan fingerprint density at radius 2 is 2.00 bits per heavy atom. The zero-order valence-electron chi connectivity index (χ0n) is 5.84. The highest BCUT2D eigenvalue weighted by Gasteiger charge is 2.06. The molecule has 1 aromatic rings. The molecule has 11 heavy (non-hydrogen) atoms. The highest BCUT2D eigenvalue weighted by atomic mass is 127. The van der Waals surface area contributed by atoms with Crippen LogP contribution in [0.1, 0.15) is 5.56 Å². The van der Waals surface area contributed by atoms with Gasteiger partial charge in [0.1, 0.15) is 0 Å². The van der Waals surface area contributed by atoms with Gasteiger partial charge in [-0.25, -0.2) is 5.41 Å². The average molecular weight is 262 g/mol. The smallest absolute Gasteiger partial charge is 0.242 e. The molecule has 1 aromatic carbocycles. The molecule has 1 rings (SSSR count). The molecule has 0 aliphatic rings. The first-order chi connectivity index (χ1) is 5.11. The van der Waals surface area contributed by atoms with Crippen LogP contribution < -0.4 is 16.9 Å². The predicted octanol–water partition coefficient (Wildman–Crippen LogP) is -0.208. The van der Waals surface area contributed by atoms with E-state index in [0.717, 1.165) is 5.56 Å². The van der Waals surface area contributed by atoms with Gasteiger partial charge >= 0.3 is 0 Å². The molecule has 0 saturated heterocycles. The molecule has 3 nitrogen and oxygen atoms in total. The summed E-state index contributed by atoms with van der Waals surface area (Å²) in [5.74, 6) is 0. The van der Waals surface area contributed by atoms with Crippen molar-refractivity contribution in [1.82, 2.24) is 0 Å². The van der Waals surface area contributed by atoms with Gasteiger partial charge in [0.25, 0.3) is 0 Å². The fraction of sp³-hybridized carbons (Fsp3) is 0. The first-order valence-electron chi connectivity index (χ1n) is 3.04. The molecule has 0 aromatic heterocycles. The lowest BCUT2D eigenvalue weighted by Crippen LogP contribution is -2.36. The molecule has 0 atom stereocenters. The molecule has 0 bridgehead atoms. The van der Waals surface area contributed by atoms with Gasteiger partial charge in [0, 0.05) is 34.0 Å². The summed E-state index contributed by atoms with van der Waals surface area (Å²) in [6.07, 6.45) is 0. The molecule has 58 valence electrons. The number of rotatable bonds is 1. The normalized spacial score (nSPS) is 9.55. The quantitative estimate of drug-likeness (QED) is 0.372. The summed E-state index contributed by atoms with van der Waals surface area (Å²) < 4.78 is 0.660. The summed E-state index contributed by atoms with van der Waals surface area (Å²) in [4.78, 5) is 0. The second-order valence-corrected chi connectivity index (χ2v) is 3.36. The number of nitrogen functional groups attached to an aromatic ring is 2. The van der Waals surface area contributed by atoms with E-state index in [9.17, 15) is 0 Å². The summed E-state index contributed by atoms with van der Waals surface area (Å²) in [5, 5.41) is 5.55. The Hall–Kier alpha value is -0.780. The summed E-state index contributed by atoms with van der Waals surface area (Å²) in [6, 6.07) is 5.26. The molecule has 0 spiro atoms. The molecular weight excluding hydrogens is 253 g/mol. The van der Waals surface area contributed by atoms with E-state index in [4.69, 9.17) is 16.9 Å². The third-order valence-corrected chi connectivity index (χ3v) is 1.92. The Balaban J connectivity index is 3.23. The molecule has 0 amide bonds. The molecule has 0 heterocycles. The lowest BCUT2D eigenvalue weighted by atomic mass is 10.2. The van der Waals surface area contributed by atoms with Crippen LogP contribution >= 0.6 is 22.6 Å². The van der Waals surface area contributed by atoms with E-state index in [1.807, 2.05) is 22.6 Å². The maximum Gasteiger partial charge on any atom is 0.242 e. The lowest BCUT2D eigenvalue weighted by Gasteiger charge is -1.99. The molecule has 0 fully saturated rings. The number of hydrogen-bond donors (Lipinski definition) is 3. The van der Waals surface area contributed by atoms with Crippen molar-refractivity contribution in [2.75, 3.05) is 11.5 Å². The van der Waals surface area contributed by atoms with Crippen LogP contribution in [0.3, 0.4) is 0 Å². The van der Waals surface area contributed by atoms with Crippen molar-refractivity contribution in [1.29, 1.82) is 0 Å². The second kappa shape index (κ2) is 3.08. The monoisotopic (exact) mass is 262 g/mol. The Morgan fingerprint density at radius 3 is 2.45 bits per heavy atom. The number of benzene rings is 1. The van der Waals surface area contributed by atoms with Crippen molar-refractivity contribution < 1.29 is 5.41 Å². The van der Waals surface area contributed by atoms with Gasteiger partial charge < -0.3 is 11.5 Å². The third kappa shape index (κ3) is 1.83. The molecule has 0 unspecified atom stereocenters. The fourth-order valence-electron chi connectivity index (χ4n) is 0.781. The molecule has 0 saturated carbocycles. The van der Waals surface area contributed by atoms with Crippen LogP contribution in [0.25, 0.3) is 0 Å². The van der Waals surface area contributed by atoms with E-state index >= 15 is 0 Å². The number of hydrogen-bond acceptors (Lipinski definition) is 2. The lowest BCUT2D eigenvalue weighted by molar-refractivity contribution is -0.106. The van der Waals surface area contributed by atoms with Crippen LogP contribution in [0.2, 0.25) is 0 Å². The van der Waals surface area contributed by atoms with Gasteiger partial charge in [-0.3, -0.25) is 0 Å². The maximum atomic E-state index is 5.63. The average Bonchev–Trinajstić information content (AvgIpc) is 1.94. The number of anilines is 2. The minimum atomic E-state index is 0.658. The standard InChI is InChI=1S/C7H8IN3/c8-7(11)5-3-4(9)1-2-6(5)10/h1-3,11H,9-10H2/p+1. The van der Waals surface area contributed by atoms with Crippen molar-refractivity contribution in [3.63, 3.8) is 0 Å². The van der Waals surface area contributed by atoms with Crippen LogP contribution in [-0.4, -0.2) is 3.72 Å². The Morgan fingerprint density at radius 1 is 1.36 bits per heavy atom. The summed E-state index contributed by atoms with van der Waals surface area (Å²) in [7, 11) is 0. The van der Waals surface area contributed by atoms with E-state index in [0.29, 0.717) is 15.1 Å². The van der Waals surface area contributed by atoms with Crippen LogP contribution in [0.4, 0.5) is 11.4 Å². The first kappa shape index (κ1) is 8.32. The third-order valence-electron chi connectivity index (χ3n) is 1.33. The van der Waals surface area contributed by atoms with Crippen molar-refractivity contribution in [3.05, 3.63) is 23.8 Å². The van der Waals surface area contributed by atoms with Crippen LogP contribution in [0, 0.1) is 0 Å². The summed E-state index contributed by atoms with van der Waals surface area (Å²) in [6.45, 7) is 0. The minimum absolute atomic E-state index is 0.658. The maximum absolute atomic E-state index is 5.63. The van der Waals surface area contributed by atoms with E-state index in [2.05, 4.69) is 0 Å². The molecular formula is C7H9IN3+. The summed E-state index contributed by atoms with van der Waals surface area (Å²) >= 11 is 2.01. The fourth-order valence-corrected chi connectivity index (χ4v) is 1.25. The van der Waals surface area contributed by atoms with Crippen molar-refractivity contribution in [2.24, 2.45) is 0 Å². The zero-order valence-corrected chi connectivity index (χ0v) is 8.00. The van der Waals surface area contributed by atoms with Gasteiger partial charge in [0.05, 0.1) is 5.56 Å². The van der Waals surface area contributed by atoms with E-state index in [1.165, 1.54) is 0 Å². The van der Waals surface area contributed by atoms with Crippen molar-refractivity contribution in [3.8, 4) is 0 Å². The largest absolute Gasteiger partial charge is 0.399 e. The van der Waals surface area contributed by atoms with Gasteiger partial charge in [-0.15, -0.1) is 0 Å². The second-order valence-electron chi connectivity index (χ2n) is 2.19. The van der Waals surface area contributed by atoms with Crippen molar-refractivity contribution >= 4 is 37.7 Å². The number of halogens is 1. The number of nitrogens with two attached hydrogens (primary N) is 3. The Labute approximate surface area is 78.4 Å². The topological polar surface area (TPSA) is 77.6 Å². The van der Waals surface area contributed by atoms with Crippen LogP contribution in [0.5, 0.6) is 0 Å². The van der Waals surface area contributed by atoms with E-state index in [1.54, 1.807) is 18.2 Å². The van der Waals surface area contributed by atoms with Gasteiger partial charge in [0.15, 0.2) is 0 Å². The highest BCUT2D eigenvalue weighted by molar-refractivity contribution is 14.1. The van der Waals surface area contributed by atoms with E-state index in [-0.39, 0.29) is 0 Å². The first-order valence-corrected chi connectivity index (χ1v) is 4.12. The van der Waals surface area contributed by atoms with Crippen LogP contribution in [-0.2, 0) is 0 Å². The van der Waals surface area contributed by atoms with Crippen LogP contribution in [0.15, 0.2) is 18.2 Å². The minimum Gasteiger partial charge on any atom is -0.399 e. The van der Waals surface area contributed by atoms with Crippen molar-refractivity contribution in [2.45, 2.75) is 0 Å². The Kier molecular flexibility index (Phi) is 2.33. The van der Waals surface area contributed by atoms with Gasteiger partial charge in [-0.1, -0.05) is 0 Å². The van der Waals surface area contributed by atoms with E-state index < -0.39 is 0 Å². The molecule has 6 N–H and O–H groups in total.